The number of anilines is 2. The first-order valence-corrected chi connectivity index (χ1v) is 6.67. The Labute approximate surface area is 131 Å². The van der Waals surface area contributed by atoms with E-state index >= 15 is 0 Å². The van der Waals surface area contributed by atoms with Crippen molar-refractivity contribution in [3.63, 3.8) is 0 Å². The average molecular weight is 324 g/mol. The second-order valence-corrected chi connectivity index (χ2v) is 5.02. The van der Waals surface area contributed by atoms with Crippen molar-refractivity contribution in [2.45, 2.75) is 0 Å². The molecule has 0 fully saturated rings. The van der Waals surface area contributed by atoms with Gasteiger partial charge in [-0.1, -0.05) is 23.8 Å². The Bertz CT molecular complexity index is 691. The number of amides is 2. The fraction of sp³-hybridized carbons (Fsp3) is 0. The zero-order chi connectivity index (χ0) is 15.4. The standard InChI is InChI=1S/C14H11ClFN3OS/c15-8-1-3-9(4-2-8)18-14(20)19-10-5-6-12(16)11(7-10)13(17)21/h1-7H,(H2,17,21)(H2,18,19,20). The minimum absolute atomic E-state index is 0.0748. The van der Waals surface area contributed by atoms with Crippen LogP contribution in [0.3, 0.4) is 0 Å². The van der Waals surface area contributed by atoms with Crippen LogP contribution in [0.4, 0.5) is 20.6 Å². The van der Waals surface area contributed by atoms with Crippen LogP contribution in [0.25, 0.3) is 0 Å². The summed E-state index contributed by atoms with van der Waals surface area (Å²) in [5.41, 5.74) is 6.44. The summed E-state index contributed by atoms with van der Waals surface area (Å²) in [7, 11) is 0. The monoisotopic (exact) mass is 323 g/mol. The number of carbonyl (C=O) groups is 1. The summed E-state index contributed by atoms with van der Waals surface area (Å²) in [6.45, 7) is 0. The van der Waals surface area contributed by atoms with E-state index in [0.717, 1.165) is 0 Å². The SMILES string of the molecule is NC(=S)c1cc(NC(=O)Nc2ccc(Cl)cc2)ccc1F. The highest BCUT2D eigenvalue weighted by Crippen LogP contribution is 2.16. The van der Waals surface area contributed by atoms with E-state index in [1.807, 2.05) is 0 Å². The summed E-state index contributed by atoms with van der Waals surface area (Å²) in [5, 5.41) is 5.75. The highest BCUT2D eigenvalue weighted by Gasteiger charge is 2.08. The van der Waals surface area contributed by atoms with E-state index < -0.39 is 11.8 Å². The van der Waals surface area contributed by atoms with Crippen LogP contribution in [0.15, 0.2) is 42.5 Å². The molecule has 2 aromatic carbocycles. The van der Waals surface area contributed by atoms with Crippen molar-refractivity contribution in [3.8, 4) is 0 Å². The molecule has 0 aliphatic carbocycles. The molecule has 0 saturated heterocycles. The van der Waals surface area contributed by atoms with Gasteiger partial charge in [0.2, 0.25) is 0 Å². The van der Waals surface area contributed by atoms with Crippen molar-refractivity contribution < 1.29 is 9.18 Å². The molecule has 0 spiro atoms. The number of carbonyl (C=O) groups excluding carboxylic acids is 1. The van der Waals surface area contributed by atoms with E-state index in [9.17, 15) is 9.18 Å². The predicted molar refractivity (Wildman–Crippen MR) is 86.4 cm³/mol. The van der Waals surface area contributed by atoms with Gasteiger partial charge in [0, 0.05) is 22.0 Å². The van der Waals surface area contributed by atoms with Gasteiger partial charge in [0.25, 0.3) is 0 Å². The lowest BCUT2D eigenvalue weighted by molar-refractivity contribution is 0.262. The van der Waals surface area contributed by atoms with Crippen LogP contribution < -0.4 is 16.4 Å². The third-order valence-corrected chi connectivity index (χ3v) is 3.06. The van der Waals surface area contributed by atoms with Gasteiger partial charge < -0.3 is 16.4 Å². The molecule has 7 heteroatoms. The van der Waals surface area contributed by atoms with Crippen molar-refractivity contribution in [1.29, 1.82) is 0 Å². The molecule has 21 heavy (non-hydrogen) atoms. The van der Waals surface area contributed by atoms with Crippen LogP contribution in [0.2, 0.25) is 5.02 Å². The minimum Gasteiger partial charge on any atom is -0.389 e. The highest BCUT2D eigenvalue weighted by atomic mass is 35.5. The Balaban J connectivity index is 2.07. The number of hydrogen-bond acceptors (Lipinski definition) is 2. The normalized spacial score (nSPS) is 10.0. The van der Waals surface area contributed by atoms with E-state index in [4.69, 9.17) is 29.6 Å². The van der Waals surface area contributed by atoms with Gasteiger partial charge in [-0.15, -0.1) is 0 Å². The molecule has 0 heterocycles. The maximum atomic E-state index is 13.4. The van der Waals surface area contributed by atoms with Crippen molar-refractivity contribution in [3.05, 3.63) is 58.9 Å². The lowest BCUT2D eigenvalue weighted by Gasteiger charge is -2.09. The summed E-state index contributed by atoms with van der Waals surface area (Å²) in [6.07, 6.45) is 0. The molecule has 0 aromatic heterocycles. The second kappa shape index (κ2) is 6.51. The molecule has 0 aliphatic heterocycles. The van der Waals surface area contributed by atoms with Crippen molar-refractivity contribution in [2.75, 3.05) is 10.6 Å². The fourth-order valence-corrected chi connectivity index (χ4v) is 1.90. The number of rotatable bonds is 3. The van der Waals surface area contributed by atoms with Gasteiger partial charge in [0.15, 0.2) is 0 Å². The molecule has 0 aliphatic rings. The fourth-order valence-electron chi connectivity index (χ4n) is 1.62. The second-order valence-electron chi connectivity index (χ2n) is 4.14. The Morgan fingerprint density at radius 2 is 1.67 bits per heavy atom. The molecule has 2 aromatic rings. The van der Waals surface area contributed by atoms with Crippen LogP contribution in [0, 0.1) is 5.82 Å². The molecule has 108 valence electrons. The summed E-state index contributed by atoms with van der Waals surface area (Å²) in [6, 6.07) is 10.1. The van der Waals surface area contributed by atoms with Crippen LogP contribution in [0.5, 0.6) is 0 Å². The van der Waals surface area contributed by atoms with Gasteiger partial charge in [-0.25, -0.2) is 9.18 Å². The van der Waals surface area contributed by atoms with Gasteiger partial charge in [-0.05, 0) is 42.5 Å². The third-order valence-electron chi connectivity index (χ3n) is 2.59. The molecule has 4 N–H and O–H groups in total. The van der Waals surface area contributed by atoms with E-state index in [-0.39, 0.29) is 10.6 Å². The maximum absolute atomic E-state index is 13.4. The average Bonchev–Trinajstić information content (AvgIpc) is 2.43. The molecule has 0 saturated carbocycles. The van der Waals surface area contributed by atoms with Crippen molar-refractivity contribution in [1.82, 2.24) is 0 Å². The zero-order valence-electron chi connectivity index (χ0n) is 10.7. The van der Waals surface area contributed by atoms with E-state index in [1.165, 1.54) is 18.2 Å². The molecule has 2 amide bonds. The Morgan fingerprint density at radius 3 is 2.29 bits per heavy atom. The first-order valence-electron chi connectivity index (χ1n) is 5.88. The van der Waals surface area contributed by atoms with Gasteiger partial charge in [-0.2, -0.15) is 0 Å². The lowest BCUT2D eigenvalue weighted by Crippen LogP contribution is -2.20. The Hall–Kier alpha value is -2.18. The lowest BCUT2D eigenvalue weighted by atomic mass is 10.2. The summed E-state index contributed by atoms with van der Waals surface area (Å²) >= 11 is 10.5. The molecule has 0 radical (unpaired) electrons. The Kier molecular flexibility index (Phi) is 4.72. The summed E-state index contributed by atoms with van der Waals surface area (Å²) in [5.74, 6) is -0.536. The number of nitrogens with two attached hydrogens (primary N) is 1. The van der Waals surface area contributed by atoms with Gasteiger partial charge >= 0.3 is 6.03 Å². The van der Waals surface area contributed by atoms with Gasteiger partial charge in [0.1, 0.15) is 10.8 Å². The summed E-state index contributed by atoms with van der Waals surface area (Å²) < 4.78 is 13.4. The highest BCUT2D eigenvalue weighted by molar-refractivity contribution is 7.80. The molecule has 4 nitrogen and oxygen atoms in total. The van der Waals surface area contributed by atoms with Gasteiger partial charge in [-0.3, -0.25) is 0 Å². The number of urea groups is 1. The first-order chi connectivity index (χ1) is 9.95. The predicted octanol–water partition coefficient (Wildman–Crippen LogP) is 3.76. The van der Waals surface area contributed by atoms with Crippen LogP contribution in [-0.2, 0) is 0 Å². The molecule has 0 bridgehead atoms. The molecule has 2 rings (SSSR count). The first kappa shape index (κ1) is 15.2. The minimum atomic E-state index is -0.536. The number of halogens is 2. The maximum Gasteiger partial charge on any atom is 0.323 e. The Morgan fingerprint density at radius 1 is 1.10 bits per heavy atom. The molecule has 0 atom stereocenters. The number of hydrogen-bond donors (Lipinski definition) is 3. The van der Waals surface area contributed by atoms with E-state index in [0.29, 0.717) is 16.4 Å². The topological polar surface area (TPSA) is 67.1 Å². The van der Waals surface area contributed by atoms with Crippen LogP contribution >= 0.6 is 23.8 Å². The van der Waals surface area contributed by atoms with E-state index in [1.54, 1.807) is 24.3 Å². The molecule has 0 unspecified atom stereocenters. The zero-order valence-corrected chi connectivity index (χ0v) is 12.3. The van der Waals surface area contributed by atoms with Crippen molar-refractivity contribution in [2.24, 2.45) is 5.73 Å². The number of benzene rings is 2. The largest absolute Gasteiger partial charge is 0.389 e. The van der Waals surface area contributed by atoms with Crippen molar-refractivity contribution >= 4 is 46.2 Å². The van der Waals surface area contributed by atoms with E-state index in [2.05, 4.69) is 10.6 Å². The quantitative estimate of drug-likeness (QED) is 0.753. The molecular weight excluding hydrogens is 313 g/mol. The van der Waals surface area contributed by atoms with Crippen LogP contribution in [0.1, 0.15) is 5.56 Å². The number of thiocarbonyl (C=S) groups is 1. The van der Waals surface area contributed by atoms with Crippen LogP contribution in [-0.4, -0.2) is 11.0 Å². The number of nitrogens with one attached hydrogen (secondary N) is 2. The summed E-state index contributed by atoms with van der Waals surface area (Å²) in [4.78, 5) is 11.7. The smallest absolute Gasteiger partial charge is 0.323 e. The molecular formula is C14H11ClFN3OS. The van der Waals surface area contributed by atoms with Gasteiger partial charge in [0.05, 0.1) is 0 Å². The third kappa shape index (κ3) is 4.14.